The predicted octanol–water partition coefficient (Wildman–Crippen LogP) is 1.92. The summed E-state index contributed by atoms with van der Waals surface area (Å²) in [6, 6.07) is 0.243. The smallest absolute Gasteiger partial charge is 0.279 e. The first-order valence-electron chi connectivity index (χ1n) is 11.6. The van der Waals surface area contributed by atoms with E-state index in [1.54, 1.807) is 0 Å². The number of anilines is 2. The van der Waals surface area contributed by atoms with Gasteiger partial charge in [0, 0.05) is 43.0 Å². The molecule has 0 atom stereocenters. The lowest BCUT2D eigenvalue weighted by Gasteiger charge is -2.32. The number of fused-ring (bicyclic) bond motifs is 2. The molecule has 1 aromatic heterocycles. The number of hydrogen-bond acceptors (Lipinski definition) is 6. The van der Waals surface area contributed by atoms with Crippen molar-refractivity contribution in [3.63, 3.8) is 0 Å². The van der Waals surface area contributed by atoms with Crippen LogP contribution in [0.2, 0.25) is 0 Å². The molecule has 1 spiro atoms. The molecule has 0 aromatic carbocycles. The van der Waals surface area contributed by atoms with Gasteiger partial charge in [0.25, 0.3) is 10.2 Å². The van der Waals surface area contributed by atoms with E-state index in [0.717, 1.165) is 37.1 Å². The minimum atomic E-state index is -3.44. The van der Waals surface area contributed by atoms with Crippen molar-refractivity contribution in [2.24, 2.45) is 0 Å². The van der Waals surface area contributed by atoms with Crippen LogP contribution in [0.1, 0.15) is 70.8 Å². The van der Waals surface area contributed by atoms with E-state index >= 15 is 0 Å². The molecule has 2 aliphatic carbocycles. The van der Waals surface area contributed by atoms with Gasteiger partial charge in [-0.25, -0.2) is 4.98 Å². The van der Waals surface area contributed by atoms with E-state index in [4.69, 9.17) is 4.98 Å². The average Bonchev–Trinajstić information content (AvgIpc) is 3.28. The topological polar surface area (TPSA) is 108 Å². The van der Waals surface area contributed by atoms with Crippen LogP contribution in [0, 0.1) is 0 Å². The second kappa shape index (κ2) is 7.67. The Morgan fingerprint density at radius 3 is 2.42 bits per heavy atom. The second-order valence-corrected chi connectivity index (χ2v) is 11.4. The van der Waals surface area contributed by atoms with Crippen LogP contribution in [0.3, 0.4) is 0 Å². The zero-order chi connectivity index (χ0) is 21.8. The third-order valence-electron chi connectivity index (χ3n) is 7.09. The van der Waals surface area contributed by atoms with Crippen LogP contribution in [0.15, 0.2) is 6.20 Å². The van der Waals surface area contributed by atoms with Gasteiger partial charge in [0.1, 0.15) is 5.82 Å². The summed E-state index contributed by atoms with van der Waals surface area (Å²) in [6.45, 7) is 4.56. The predicted molar refractivity (Wildman–Crippen MR) is 118 cm³/mol. The number of nitrogens with zero attached hydrogens (tertiary/aromatic N) is 4. The van der Waals surface area contributed by atoms with Crippen molar-refractivity contribution in [3.8, 4) is 0 Å². The van der Waals surface area contributed by atoms with Crippen molar-refractivity contribution < 1.29 is 13.2 Å². The van der Waals surface area contributed by atoms with Gasteiger partial charge in [-0.3, -0.25) is 9.69 Å². The van der Waals surface area contributed by atoms with Crippen LogP contribution < -0.4 is 14.9 Å². The van der Waals surface area contributed by atoms with Crippen molar-refractivity contribution in [2.75, 3.05) is 23.3 Å². The summed E-state index contributed by atoms with van der Waals surface area (Å²) in [5.41, 5.74) is 0.634. The van der Waals surface area contributed by atoms with Gasteiger partial charge >= 0.3 is 0 Å². The van der Waals surface area contributed by atoms with E-state index in [9.17, 15) is 13.2 Å². The van der Waals surface area contributed by atoms with E-state index in [1.165, 1.54) is 17.1 Å². The van der Waals surface area contributed by atoms with Gasteiger partial charge in [-0.2, -0.15) is 22.4 Å². The highest BCUT2D eigenvalue weighted by Gasteiger charge is 2.61. The lowest BCUT2D eigenvalue weighted by atomic mass is 10.0. The fourth-order valence-corrected chi connectivity index (χ4v) is 6.75. The van der Waals surface area contributed by atoms with Crippen LogP contribution in [-0.4, -0.2) is 59.8 Å². The molecule has 3 heterocycles. The molecular weight excluding hydrogens is 416 g/mol. The molecular formula is C21H32N6O3S. The first-order chi connectivity index (χ1) is 14.8. The SMILES string of the molecule is CC(C)NS(=O)(=O)N1CCC(Nc2ncc3c(n2)N(C2CCCC2)C(=O)C32CC2)CC1. The molecule has 0 radical (unpaired) electrons. The first-order valence-corrected chi connectivity index (χ1v) is 13.0. The Hall–Kier alpha value is -1.78. The second-order valence-electron chi connectivity index (χ2n) is 9.72. The Morgan fingerprint density at radius 1 is 1.13 bits per heavy atom. The van der Waals surface area contributed by atoms with E-state index in [1.807, 2.05) is 24.9 Å². The summed E-state index contributed by atoms with van der Waals surface area (Å²) in [5, 5.41) is 3.39. The van der Waals surface area contributed by atoms with E-state index < -0.39 is 10.2 Å². The highest BCUT2D eigenvalue weighted by molar-refractivity contribution is 7.87. The number of carbonyl (C=O) groups is 1. The Morgan fingerprint density at radius 2 is 1.81 bits per heavy atom. The molecule has 1 aromatic rings. The summed E-state index contributed by atoms with van der Waals surface area (Å²) < 4.78 is 28.9. The zero-order valence-electron chi connectivity index (χ0n) is 18.3. The maximum absolute atomic E-state index is 13.2. The fraction of sp³-hybridized carbons (Fsp3) is 0.762. The third-order valence-corrected chi connectivity index (χ3v) is 8.91. The normalized spacial score (nSPS) is 24.4. The van der Waals surface area contributed by atoms with Gasteiger partial charge in [-0.1, -0.05) is 12.8 Å². The van der Waals surface area contributed by atoms with E-state index in [0.29, 0.717) is 31.9 Å². The number of aromatic nitrogens is 2. The van der Waals surface area contributed by atoms with Crippen LogP contribution >= 0.6 is 0 Å². The molecule has 1 saturated heterocycles. The van der Waals surface area contributed by atoms with Gasteiger partial charge in [0.2, 0.25) is 11.9 Å². The lowest BCUT2D eigenvalue weighted by Crippen LogP contribution is -2.48. The van der Waals surface area contributed by atoms with Gasteiger partial charge in [-0.15, -0.1) is 0 Å². The van der Waals surface area contributed by atoms with Gasteiger partial charge in [0.05, 0.1) is 5.41 Å². The number of amides is 1. The molecule has 2 aliphatic heterocycles. The third kappa shape index (κ3) is 3.72. The van der Waals surface area contributed by atoms with Crippen molar-refractivity contribution in [2.45, 2.75) is 88.8 Å². The quantitative estimate of drug-likeness (QED) is 0.688. The van der Waals surface area contributed by atoms with Crippen molar-refractivity contribution >= 4 is 27.9 Å². The maximum atomic E-state index is 13.2. The molecule has 4 aliphatic rings. The minimum absolute atomic E-state index is 0.107. The molecule has 9 nitrogen and oxygen atoms in total. The minimum Gasteiger partial charge on any atom is -0.351 e. The monoisotopic (exact) mass is 448 g/mol. The number of rotatable bonds is 6. The number of hydrogen-bond donors (Lipinski definition) is 2. The summed E-state index contributed by atoms with van der Waals surface area (Å²) in [6.07, 6.45) is 9.45. The molecule has 2 saturated carbocycles. The summed E-state index contributed by atoms with van der Waals surface area (Å²) in [4.78, 5) is 24.5. The van der Waals surface area contributed by atoms with E-state index in [-0.39, 0.29) is 29.4 Å². The Labute approximate surface area is 184 Å². The largest absolute Gasteiger partial charge is 0.351 e. The number of piperidine rings is 1. The van der Waals surface area contributed by atoms with Crippen LogP contribution in [0.25, 0.3) is 0 Å². The molecule has 10 heteroatoms. The maximum Gasteiger partial charge on any atom is 0.279 e. The Kier molecular flexibility index (Phi) is 5.22. The van der Waals surface area contributed by atoms with Crippen LogP contribution in [-0.2, 0) is 20.4 Å². The van der Waals surface area contributed by atoms with Crippen LogP contribution in [0.4, 0.5) is 11.8 Å². The highest BCUT2D eigenvalue weighted by atomic mass is 32.2. The Bertz CT molecular complexity index is 963. The van der Waals surface area contributed by atoms with Crippen molar-refractivity contribution in [3.05, 3.63) is 11.8 Å². The summed E-state index contributed by atoms with van der Waals surface area (Å²) in [7, 11) is -3.44. The summed E-state index contributed by atoms with van der Waals surface area (Å²) >= 11 is 0. The number of carbonyl (C=O) groups excluding carboxylic acids is 1. The molecule has 1 amide bonds. The van der Waals surface area contributed by atoms with Crippen molar-refractivity contribution in [1.82, 2.24) is 19.0 Å². The zero-order valence-corrected chi connectivity index (χ0v) is 19.1. The molecule has 5 rings (SSSR count). The average molecular weight is 449 g/mol. The molecule has 0 bridgehead atoms. The number of nitrogens with one attached hydrogen (secondary N) is 2. The van der Waals surface area contributed by atoms with Crippen LogP contribution in [0.5, 0.6) is 0 Å². The molecule has 170 valence electrons. The van der Waals surface area contributed by atoms with Gasteiger partial charge in [-0.05, 0) is 52.4 Å². The van der Waals surface area contributed by atoms with Gasteiger partial charge < -0.3 is 5.32 Å². The standard InChI is InChI=1S/C21H32N6O3S/c1-14(2)25-31(29,30)26-11-7-15(8-12-26)23-20-22-13-17-18(24-20)27(16-5-3-4-6-16)19(28)21(17)9-10-21/h13-16,25H,3-12H2,1-2H3,(H,22,23,24). The first kappa shape index (κ1) is 21.1. The highest BCUT2D eigenvalue weighted by Crippen LogP contribution is 2.57. The fourth-order valence-electron chi connectivity index (χ4n) is 5.31. The lowest BCUT2D eigenvalue weighted by molar-refractivity contribution is -0.120. The van der Waals surface area contributed by atoms with Crippen molar-refractivity contribution in [1.29, 1.82) is 0 Å². The molecule has 2 N–H and O–H groups in total. The van der Waals surface area contributed by atoms with E-state index in [2.05, 4.69) is 15.0 Å². The molecule has 31 heavy (non-hydrogen) atoms. The Balaban J connectivity index is 1.29. The molecule has 0 unspecified atom stereocenters. The van der Waals surface area contributed by atoms with Gasteiger partial charge in [0.15, 0.2) is 0 Å². The molecule has 3 fully saturated rings. The summed E-state index contributed by atoms with van der Waals surface area (Å²) in [5.74, 6) is 1.55.